The summed E-state index contributed by atoms with van der Waals surface area (Å²) in [5.41, 5.74) is 2.86. The Balaban J connectivity index is 1.50. The molecular weight excluding hydrogens is 482 g/mol. The Morgan fingerprint density at radius 1 is 1.00 bits per heavy atom. The van der Waals surface area contributed by atoms with Crippen molar-refractivity contribution in [3.05, 3.63) is 105 Å². The first-order chi connectivity index (χ1) is 13.6. The second-order valence-electron chi connectivity index (χ2n) is 6.43. The minimum atomic E-state index is -0.157. The van der Waals surface area contributed by atoms with Crippen LogP contribution in [0.4, 0.5) is 0 Å². The highest BCUT2D eigenvalue weighted by Crippen LogP contribution is 2.23. The van der Waals surface area contributed by atoms with Crippen molar-refractivity contribution in [1.29, 1.82) is 0 Å². The van der Waals surface area contributed by atoms with Gasteiger partial charge in [0.05, 0.1) is 0 Å². The molecule has 28 heavy (non-hydrogen) atoms. The van der Waals surface area contributed by atoms with E-state index in [1.165, 1.54) is 5.56 Å². The highest BCUT2D eigenvalue weighted by molar-refractivity contribution is 9.10. The van der Waals surface area contributed by atoms with Gasteiger partial charge in [0.1, 0.15) is 5.58 Å². The molecule has 0 saturated heterocycles. The van der Waals surface area contributed by atoms with Crippen LogP contribution < -0.4 is 4.57 Å². The summed E-state index contributed by atoms with van der Waals surface area (Å²) in [6, 6.07) is 19.6. The van der Waals surface area contributed by atoms with E-state index in [2.05, 4.69) is 48.6 Å². The van der Waals surface area contributed by atoms with Crippen molar-refractivity contribution in [1.82, 2.24) is 0 Å². The monoisotopic (exact) mass is 496 g/mol. The predicted octanol–water partition coefficient (Wildman–Crippen LogP) is 6.19. The highest BCUT2D eigenvalue weighted by Gasteiger charge is 2.10. The highest BCUT2D eigenvalue weighted by atomic mass is 79.9. The van der Waals surface area contributed by atoms with Crippen LogP contribution in [0.1, 0.15) is 21.7 Å². The van der Waals surface area contributed by atoms with Crippen LogP contribution in [0.15, 0.2) is 92.5 Å². The number of allylic oxidation sites excluding steroid dienone is 1. The Morgan fingerprint density at radius 3 is 2.61 bits per heavy atom. The summed E-state index contributed by atoms with van der Waals surface area (Å²) in [7, 11) is 0. The van der Waals surface area contributed by atoms with Crippen LogP contribution in [0.3, 0.4) is 0 Å². The van der Waals surface area contributed by atoms with Crippen molar-refractivity contribution in [2.75, 3.05) is 0 Å². The van der Waals surface area contributed by atoms with Crippen LogP contribution >= 0.6 is 31.9 Å². The smallest absolute Gasteiger partial charge is 0.221 e. The SMILES string of the molecule is O=C(C=Cc1ccc[n+](Cc2ccc(Br)cc2)c1)c1cc2cc(Br)ccc2o1. The molecule has 0 atom stereocenters. The normalized spacial score (nSPS) is 11.4. The molecule has 4 aromatic rings. The van der Waals surface area contributed by atoms with Gasteiger partial charge in [-0.2, -0.15) is 0 Å². The molecule has 0 fully saturated rings. The number of rotatable bonds is 5. The molecular formula is C23H16Br2NO2+. The fraction of sp³-hybridized carbons (Fsp3) is 0.0435. The second kappa shape index (κ2) is 8.25. The van der Waals surface area contributed by atoms with Crippen LogP contribution in [0.25, 0.3) is 17.0 Å². The van der Waals surface area contributed by atoms with Crippen molar-refractivity contribution < 1.29 is 13.8 Å². The van der Waals surface area contributed by atoms with Gasteiger partial charge in [-0.3, -0.25) is 4.79 Å². The third-order valence-corrected chi connectivity index (χ3v) is 5.33. The first-order valence-corrected chi connectivity index (χ1v) is 10.3. The molecule has 138 valence electrons. The minimum absolute atomic E-state index is 0.157. The maximum atomic E-state index is 12.5. The Kier molecular flexibility index (Phi) is 5.55. The van der Waals surface area contributed by atoms with Crippen LogP contribution in [0.5, 0.6) is 0 Å². The number of nitrogens with zero attached hydrogens (tertiary/aromatic N) is 1. The molecule has 0 spiro atoms. The van der Waals surface area contributed by atoms with Crippen molar-refractivity contribution in [3.63, 3.8) is 0 Å². The van der Waals surface area contributed by atoms with Crippen LogP contribution in [0, 0.1) is 0 Å². The van der Waals surface area contributed by atoms with E-state index in [-0.39, 0.29) is 5.78 Å². The van der Waals surface area contributed by atoms with E-state index in [0.717, 1.165) is 26.4 Å². The molecule has 0 aliphatic rings. The molecule has 5 heteroatoms. The molecule has 0 amide bonds. The predicted molar refractivity (Wildman–Crippen MR) is 117 cm³/mol. The van der Waals surface area contributed by atoms with E-state index in [9.17, 15) is 4.79 Å². The molecule has 0 N–H and O–H groups in total. The summed E-state index contributed by atoms with van der Waals surface area (Å²) in [6.07, 6.45) is 7.38. The average Bonchev–Trinajstić information content (AvgIpc) is 3.11. The summed E-state index contributed by atoms with van der Waals surface area (Å²) in [5.74, 6) is 0.179. The number of carbonyl (C=O) groups excluding carboxylic acids is 1. The lowest BCUT2D eigenvalue weighted by atomic mass is 10.2. The van der Waals surface area contributed by atoms with Gasteiger partial charge in [0.25, 0.3) is 0 Å². The van der Waals surface area contributed by atoms with Crippen molar-refractivity contribution in [3.8, 4) is 0 Å². The van der Waals surface area contributed by atoms with Gasteiger partial charge in [-0.1, -0.05) is 44.0 Å². The number of carbonyl (C=O) groups is 1. The zero-order chi connectivity index (χ0) is 19.5. The van der Waals surface area contributed by atoms with Crippen LogP contribution in [-0.4, -0.2) is 5.78 Å². The number of halogens is 2. The number of hydrogen-bond donors (Lipinski definition) is 0. The van der Waals surface area contributed by atoms with Gasteiger partial charge in [-0.25, -0.2) is 4.57 Å². The molecule has 0 aliphatic carbocycles. The number of ketones is 1. The van der Waals surface area contributed by atoms with E-state index >= 15 is 0 Å². The molecule has 0 radical (unpaired) electrons. The third-order valence-electron chi connectivity index (χ3n) is 4.31. The van der Waals surface area contributed by atoms with Crippen molar-refractivity contribution >= 4 is 54.7 Å². The quantitative estimate of drug-likeness (QED) is 0.187. The van der Waals surface area contributed by atoms with Gasteiger partial charge >= 0.3 is 0 Å². The Morgan fingerprint density at radius 2 is 1.79 bits per heavy atom. The van der Waals surface area contributed by atoms with Gasteiger partial charge in [0.2, 0.25) is 5.78 Å². The number of aromatic nitrogens is 1. The van der Waals surface area contributed by atoms with Crippen molar-refractivity contribution in [2.24, 2.45) is 0 Å². The number of pyridine rings is 1. The van der Waals surface area contributed by atoms with Crippen LogP contribution in [-0.2, 0) is 6.54 Å². The summed E-state index contributed by atoms with van der Waals surface area (Å²) >= 11 is 6.88. The maximum Gasteiger partial charge on any atom is 0.221 e. The lowest BCUT2D eigenvalue weighted by Gasteiger charge is -1.99. The minimum Gasteiger partial charge on any atom is -0.453 e. The van der Waals surface area contributed by atoms with E-state index in [4.69, 9.17) is 4.42 Å². The molecule has 2 aromatic carbocycles. The lowest BCUT2D eigenvalue weighted by molar-refractivity contribution is -0.688. The largest absolute Gasteiger partial charge is 0.453 e. The molecule has 0 bridgehead atoms. The fourth-order valence-electron chi connectivity index (χ4n) is 2.93. The van der Waals surface area contributed by atoms with Gasteiger partial charge in [0, 0.05) is 31.5 Å². The summed E-state index contributed by atoms with van der Waals surface area (Å²) in [4.78, 5) is 12.5. The van der Waals surface area contributed by atoms with Gasteiger partial charge in [0.15, 0.2) is 24.7 Å². The fourth-order valence-corrected chi connectivity index (χ4v) is 3.57. The van der Waals surface area contributed by atoms with E-state index in [1.54, 1.807) is 12.1 Å². The molecule has 0 unspecified atom stereocenters. The van der Waals surface area contributed by atoms with E-state index in [0.29, 0.717) is 11.3 Å². The van der Waals surface area contributed by atoms with E-state index < -0.39 is 0 Å². The third kappa shape index (κ3) is 4.49. The van der Waals surface area contributed by atoms with Crippen LogP contribution in [0.2, 0.25) is 0 Å². The molecule has 0 aliphatic heterocycles. The molecule has 2 heterocycles. The molecule has 4 rings (SSSR count). The maximum absolute atomic E-state index is 12.5. The van der Waals surface area contributed by atoms with Gasteiger partial charge < -0.3 is 4.42 Å². The number of hydrogen-bond acceptors (Lipinski definition) is 2. The number of furan rings is 1. The second-order valence-corrected chi connectivity index (χ2v) is 8.26. The number of fused-ring (bicyclic) bond motifs is 1. The summed E-state index contributed by atoms with van der Waals surface area (Å²) in [6.45, 7) is 0.765. The van der Waals surface area contributed by atoms with Gasteiger partial charge in [-0.05, 0) is 54.6 Å². The molecule has 0 saturated carbocycles. The number of benzene rings is 2. The van der Waals surface area contributed by atoms with Crippen molar-refractivity contribution in [2.45, 2.75) is 6.54 Å². The molecule has 2 aromatic heterocycles. The average molecular weight is 498 g/mol. The summed E-state index contributed by atoms with van der Waals surface area (Å²) in [5, 5.41) is 0.901. The standard InChI is InChI=1S/C23H16Br2NO2/c24-19-6-3-17(4-7-19)15-26-11-1-2-16(14-26)5-9-21(27)23-13-18-12-20(25)8-10-22(18)28-23/h1-14H,15H2/q+1. The summed E-state index contributed by atoms with van der Waals surface area (Å²) < 4.78 is 9.76. The topological polar surface area (TPSA) is 34.1 Å². The van der Waals surface area contributed by atoms with E-state index in [1.807, 2.05) is 60.9 Å². The Hall–Kier alpha value is -2.50. The lowest BCUT2D eigenvalue weighted by Crippen LogP contribution is -2.33. The first-order valence-electron chi connectivity index (χ1n) is 8.72. The Labute approximate surface area is 179 Å². The molecule has 3 nitrogen and oxygen atoms in total. The first kappa shape index (κ1) is 18.8. The zero-order valence-electron chi connectivity index (χ0n) is 14.8. The van der Waals surface area contributed by atoms with Gasteiger partial charge in [-0.15, -0.1) is 0 Å². The zero-order valence-corrected chi connectivity index (χ0v) is 18.0. The Bertz CT molecular complexity index is 1180.